The van der Waals surface area contributed by atoms with E-state index >= 15 is 0 Å². The van der Waals surface area contributed by atoms with E-state index in [9.17, 15) is 53.4 Å². The summed E-state index contributed by atoms with van der Waals surface area (Å²) in [5.74, 6) is -8.62. The molecule has 8 amide bonds. The van der Waals surface area contributed by atoms with E-state index in [0.29, 0.717) is 12.8 Å². The molecule has 0 aromatic heterocycles. The van der Waals surface area contributed by atoms with Crippen LogP contribution in [-0.4, -0.2) is 143 Å². The van der Waals surface area contributed by atoms with E-state index < -0.39 is 115 Å². The van der Waals surface area contributed by atoms with Crippen LogP contribution < -0.4 is 54.8 Å². The van der Waals surface area contributed by atoms with Crippen LogP contribution >= 0.6 is 0 Å². The largest absolute Gasteiger partial charge is 0.480 e. The molecule has 1 saturated heterocycles. The maximum atomic E-state index is 13.5. The SMILES string of the molecule is CC[C@H](C)[C@H](N)C(=O)N[C@@H](C)C(=O)NCC(=O)N[C@@H](CCCN=C(N)N)C(=O)N[C@@H](CO)C(=O)N[C@@H](CC(C)C)C(=O)N[C@@H](CC(N)=O)C(=O)N1CCC[C@H]1C(=O)O. The average molecular weight is 827 g/mol. The van der Waals surface area contributed by atoms with Gasteiger partial charge in [-0.1, -0.05) is 34.1 Å². The number of aliphatic imine (C=N–C) groups is 1. The molecule has 1 heterocycles. The van der Waals surface area contributed by atoms with Crippen LogP contribution in [0.4, 0.5) is 0 Å². The van der Waals surface area contributed by atoms with Gasteiger partial charge in [0.15, 0.2) is 5.96 Å². The molecular formula is C35H62N12O11. The maximum absolute atomic E-state index is 13.5. The van der Waals surface area contributed by atoms with Crippen molar-refractivity contribution in [1.29, 1.82) is 0 Å². The van der Waals surface area contributed by atoms with Crippen molar-refractivity contribution in [2.45, 2.75) is 122 Å². The monoisotopic (exact) mass is 826 g/mol. The summed E-state index contributed by atoms with van der Waals surface area (Å²) in [6, 6.07) is -9.00. The van der Waals surface area contributed by atoms with Crippen LogP contribution in [0.2, 0.25) is 0 Å². The van der Waals surface area contributed by atoms with Gasteiger partial charge in [0, 0.05) is 13.1 Å². The van der Waals surface area contributed by atoms with Crippen molar-refractivity contribution in [3.63, 3.8) is 0 Å². The lowest BCUT2D eigenvalue weighted by atomic mass is 9.99. The summed E-state index contributed by atoms with van der Waals surface area (Å²) < 4.78 is 0. The normalized spacial score (nSPS) is 17.2. The molecule has 328 valence electrons. The lowest BCUT2D eigenvalue weighted by molar-refractivity contribution is -0.149. The topological polar surface area (TPSA) is 386 Å². The molecule has 23 heteroatoms. The Labute approximate surface area is 336 Å². The fourth-order valence-corrected chi connectivity index (χ4v) is 5.83. The van der Waals surface area contributed by atoms with Crippen LogP contribution in [-0.2, 0) is 43.2 Å². The van der Waals surface area contributed by atoms with E-state index in [4.69, 9.17) is 22.9 Å². The highest BCUT2D eigenvalue weighted by molar-refractivity contribution is 5.98. The summed E-state index contributed by atoms with van der Waals surface area (Å²) in [4.78, 5) is 120. The molecule has 1 aliphatic rings. The Morgan fingerprint density at radius 2 is 1.38 bits per heavy atom. The lowest BCUT2D eigenvalue weighted by Crippen LogP contribution is -2.60. The first-order chi connectivity index (χ1) is 27.1. The molecule has 0 spiro atoms. The molecule has 8 atom stereocenters. The van der Waals surface area contributed by atoms with Crippen molar-refractivity contribution in [2.75, 3.05) is 26.2 Å². The number of aliphatic hydroxyl groups is 1. The van der Waals surface area contributed by atoms with Gasteiger partial charge in [-0.05, 0) is 50.9 Å². The number of nitrogens with one attached hydrogen (secondary N) is 6. The molecule has 1 rings (SSSR count). The van der Waals surface area contributed by atoms with Gasteiger partial charge in [0.05, 0.1) is 25.6 Å². The number of amides is 8. The predicted octanol–water partition coefficient (Wildman–Crippen LogP) is -5.04. The quantitative estimate of drug-likeness (QED) is 0.0233. The second-order valence-electron chi connectivity index (χ2n) is 14.6. The molecule has 0 radical (unpaired) electrons. The third kappa shape index (κ3) is 17.3. The number of rotatable bonds is 25. The molecule has 0 aromatic rings. The summed E-state index contributed by atoms with van der Waals surface area (Å²) in [6.45, 7) is 7.05. The Hall–Kier alpha value is -5.58. The Balaban J connectivity index is 3.10. The van der Waals surface area contributed by atoms with Crippen LogP contribution in [0.1, 0.15) is 79.6 Å². The van der Waals surface area contributed by atoms with Crippen LogP contribution in [0.5, 0.6) is 0 Å². The molecule has 1 aliphatic heterocycles. The zero-order chi connectivity index (χ0) is 44.3. The minimum atomic E-state index is -1.66. The van der Waals surface area contributed by atoms with Crippen molar-refractivity contribution < 1.29 is 53.4 Å². The van der Waals surface area contributed by atoms with Crippen LogP contribution in [0, 0.1) is 11.8 Å². The van der Waals surface area contributed by atoms with E-state index in [0.717, 1.165) is 4.90 Å². The average Bonchev–Trinajstić information content (AvgIpc) is 3.65. The third-order valence-corrected chi connectivity index (χ3v) is 9.33. The van der Waals surface area contributed by atoms with Gasteiger partial charge in [-0.3, -0.25) is 43.3 Å². The zero-order valence-electron chi connectivity index (χ0n) is 33.7. The van der Waals surface area contributed by atoms with Crippen LogP contribution in [0.25, 0.3) is 0 Å². The molecule has 0 saturated carbocycles. The Kier molecular flexibility index (Phi) is 21.7. The van der Waals surface area contributed by atoms with Gasteiger partial charge >= 0.3 is 5.97 Å². The van der Waals surface area contributed by atoms with Crippen molar-refractivity contribution >= 4 is 59.2 Å². The highest BCUT2D eigenvalue weighted by Crippen LogP contribution is 2.19. The number of guanidine groups is 1. The van der Waals surface area contributed by atoms with Crippen LogP contribution in [0.15, 0.2) is 4.99 Å². The molecule has 0 bridgehead atoms. The molecule has 16 N–H and O–H groups in total. The maximum Gasteiger partial charge on any atom is 0.326 e. The fraction of sp³-hybridized carbons (Fsp3) is 0.714. The van der Waals surface area contributed by atoms with Crippen LogP contribution in [0.3, 0.4) is 0 Å². The fourth-order valence-electron chi connectivity index (χ4n) is 5.83. The van der Waals surface area contributed by atoms with Gasteiger partial charge in [0.25, 0.3) is 0 Å². The molecular weight excluding hydrogens is 764 g/mol. The first-order valence-electron chi connectivity index (χ1n) is 19.1. The Morgan fingerprint density at radius 3 is 1.93 bits per heavy atom. The number of primary amides is 1. The second kappa shape index (κ2) is 24.9. The predicted molar refractivity (Wildman–Crippen MR) is 208 cm³/mol. The first kappa shape index (κ1) is 50.4. The third-order valence-electron chi connectivity index (χ3n) is 9.33. The first-order valence-corrected chi connectivity index (χ1v) is 19.1. The van der Waals surface area contributed by atoms with E-state index in [-0.39, 0.29) is 56.6 Å². The van der Waals surface area contributed by atoms with Gasteiger partial charge in [0.1, 0.15) is 36.3 Å². The minimum absolute atomic E-state index is 0.00915. The number of aliphatic carboxylic acids is 1. The van der Waals surface area contributed by atoms with E-state index in [1.54, 1.807) is 20.8 Å². The number of carboxylic acid groups (broad SMARTS) is 1. The van der Waals surface area contributed by atoms with Crippen molar-refractivity contribution in [3.8, 4) is 0 Å². The molecule has 0 aromatic carbocycles. The van der Waals surface area contributed by atoms with Gasteiger partial charge in [-0.15, -0.1) is 0 Å². The van der Waals surface area contributed by atoms with Crippen molar-refractivity contribution in [3.05, 3.63) is 0 Å². The number of nitrogens with two attached hydrogens (primary N) is 4. The van der Waals surface area contributed by atoms with Crippen molar-refractivity contribution in [2.24, 2.45) is 39.8 Å². The molecule has 58 heavy (non-hydrogen) atoms. The summed E-state index contributed by atoms with van der Waals surface area (Å²) >= 11 is 0. The summed E-state index contributed by atoms with van der Waals surface area (Å²) in [5, 5.41) is 34.1. The number of nitrogens with zero attached hydrogens (tertiary/aromatic N) is 2. The number of likely N-dealkylation sites (tertiary alicyclic amines) is 1. The highest BCUT2D eigenvalue weighted by atomic mass is 16.4. The van der Waals surface area contributed by atoms with E-state index in [1.165, 1.54) is 6.92 Å². The number of aliphatic hydroxyl groups excluding tert-OH is 1. The number of hydrogen-bond acceptors (Lipinski definition) is 12. The van der Waals surface area contributed by atoms with E-state index in [2.05, 4.69) is 36.9 Å². The molecule has 1 fully saturated rings. The van der Waals surface area contributed by atoms with Gasteiger partial charge in [-0.2, -0.15) is 0 Å². The minimum Gasteiger partial charge on any atom is -0.480 e. The molecule has 0 unspecified atom stereocenters. The summed E-state index contributed by atoms with van der Waals surface area (Å²) in [5.41, 5.74) is 22.0. The van der Waals surface area contributed by atoms with Gasteiger partial charge in [-0.25, -0.2) is 4.79 Å². The number of carboxylic acids is 1. The smallest absolute Gasteiger partial charge is 0.326 e. The molecule has 0 aliphatic carbocycles. The number of carbonyl (C=O) groups excluding carboxylic acids is 8. The second-order valence-corrected chi connectivity index (χ2v) is 14.6. The Bertz CT molecular complexity index is 1510. The zero-order valence-corrected chi connectivity index (χ0v) is 33.7. The standard InChI is InChI=1S/C35H62N12O11/c1-6-18(4)27(37)32(55)42-19(5)28(51)41-15-26(50)43-20(9-7-11-40-35(38)39)29(52)46-23(16-48)31(54)44-21(13-17(2)3)30(53)45-22(14-25(36)49)33(56)47-12-8-10-24(47)34(57)58/h17-24,27,48H,6-16,37H2,1-5H3,(H2,36,49)(H,41,51)(H,42,55)(H,43,50)(H,44,54)(H,45,53)(H,46,52)(H,57,58)(H4,38,39,40)/t18-,19-,20-,21-,22-,23-,24-,27-/m0/s1. The number of carbonyl (C=O) groups is 9. The highest BCUT2D eigenvalue weighted by Gasteiger charge is 2.39. The van der Waals surface area contributed by atoms with E-state index in [1.807, 2.05) is 6.92 Å². The van der Waals surface area contributed by atoms with Crippen molar-refractivity contribution in [1.82, 2.24) is 36.8 Å². The summed E-state index contributed by atoms with van der Waals surface area (Å²) in [7, 11) is 0. The van der Waals surface area contributed by atoms with Gasteiger partial charge < -0.3 is 69.9 Å². The summed E-state index contributed by atoms with van der Waals surface area (Å²) in [6.07, 6.45) is 0.604. The number of hydrogen-bond donors (Lipinski definition) is 12. The lowest BCUT2D eigenvalue weighted by Gasteiger charge is -2.29. The van der Waals surface area contributed by atoms with Gasteiger partial charge in [0.2, 0.25) is 47.3 Å². The molecule has 23 nitrogen and oxygen atoms in total. The Morgan fingerprint density at radius 1 is 0.793 bits per heavy atom.